The lowest BCUT2D eigenvalue weighted by atomic mass is 9.67. The van der Waals surface area contributed by atoms with Crippen LogP contribution in [0.2, 0.25) is 0 Å². The molecule has 1 aliphatic heterocycles. The van der Waals surface area contributed by atoms with E-state index in [4.69, 9.17) is 9.97 Å². The third-order valence-corrected chi connectivity index (χ3v) is 8.99. The molecule has 2 heterocycles. The molecule has 3 heteroatoms. The summed E-state index contributed by atoms with van der Waals surface area (Å²) in [5.74, 6) is 0.670. The predicted octanol–water partition coefficient (Wildman–Crippen LogP) is 9.44. The zero-order chi connectivity index (χ0) is 27.7. The highest BCUT2D eigenvalue weighted by Crippen LogP contribution is 2.62. The monoisotopic (exact) mass is 535 g/mol. The zero-order valence-electron chi connectivity index (χ0n) is 22.8. The van der Waals surface area contributed by atoms with E-state index < -0.39 is 5.41 Å². The topological polar surface area (TPSA) is 29.0 Å². The lowest BCUT2D eigenvalue weighted by Gasteiger charge is -2.36. The highest BCUT2D eigenvalue weighted by atomic mass is 15.3. The molecule has 0 unspecified atom stereocenters. The van der Waals surface area contributed by atoms with E-state index in [1.807, 2.05) is 18.5 Å². The molecule has 9 rings (SSSR count). The van der Waals surface area contributed by atoms with Crippen LogP contribution in [-0.4, -0.2) is 9.97 Å². The van der Waals surface area contributed by atoms with Crippen molar-refractivity contribution in [1.29, 1.82) is 0 Å². The Kier molecular flexibility index (Phi) is 4.82. The van der Waals surface area contributed by atoms with Crippen molar-refractivity contribution in [1.82, 2.24) is 9.97 Å². The van der Waals surface area contributed by atoms with Crippen molar-refractivity contribution in [2.75, 3.05) is 4.90 Å². The maximum absolute atomic E-state index is 4.81. The highest BCUT2D eigenvalue weighted by molar-refractivity contribution is 6.16. The second-order valence-corrected chi connectivity index (χ2v) is 11.0. The fourth-order valence-electron chi connectivity index (χ4n) is 7.43. The molecule has 42 heavy (non-hydrogen) atoms. The Morgan fingerprint density at radius 1 is 0.476 bits per heavy atom. The Hall–Kier alpha value is -5.54. The number of fused-ring (bicyclic) bond motifs is 6. The van der Waals surface area contributed by atoms with Gasteiger partial charge in [-0.25, -0.2) is 9.97 Å². The molecule has 1 aliphatic carbocycles. The van der Waals surface area contributed by atoms with Gasteiger partial charge in [0.2, 0.25) is 5.95 Å². The van der Waals surface area contributed by atoms with Crippen LogP contribution in [0.25, 0.3) is 33.0 Å². The second-order valence-electron chi connectivity index (χ2n) is 11.0. The summed E-state index contributed by atoms with van der Waals surface area (Å²) in [6, 6.07) is 50.5. The summed E-state index contributed by atoms with van der Waals surface area (Å²) in [7, 11) is 0. The molecule has 0 spiro atoms. The lowest BCUT2D eigenvalue weighted by Crippen LogP contribution is -2.28. The predicted molar refractivity (Wildman–Crippen MR) is 171 cm³/mol. The van der Waals surface area contributed by atoms with Crippen molar-refractivity contribution >= 4 is 28.1 Å². The molecule has 0 N–H and O–H groups in total. The summed E-state index contributed by atoms with van der Waals surface area (Å²) in [5.41, 5.74) is 11.7. The van der Waals surface area contributed by atoms with Crippen molar-refractivity contribution in [2.45, 2.75) is 5.41 Å². The smallest absolute Gasteiger partial charge is 0.234 e. The number of benzene rings is 6. The average molecular weight is 536 g/mol. The molecule has 0 saturated carbocycles. The molecular formula is C39H25N3. The minimum atomic E-state index is -0.477. The molecule has 0 radical (unpaired) electrons. The number of hydrogen-bond acceptors (Lipinski definition) is 3. The van der Waals surface area contributed by atoms with Gasteiger partial charge in [-0.1, -0.05) is 127 Å². The Labute approximate surface area is 244 Å². The van der Waals surface area contributed by atoms with Crippen molar-refractivity contribution in [3.63, 3.8) is 0 Å². The molecule has 2 aliphatic rings. The van der Waals surface area contributed by atoms with Gasteiger partial charge in [-0.05, 0) is 50.9 Å². The number of aromatic nitrogens is 2. The summed E-state index contributed by atoms with van der Waals surface area (Å²) in [6.45, 7) is 0. The van der Waals surface area contributed by atoms with E-state index in [1.54, 1.807) is 0 Å². The van der Waals surface area contributed by atoms with Crippen LogP contribution in [0.5, 0.6) is 0 Å². The van der Waals surface area contributed by atoms with Crippen LogP contribution < -0.4 is 4.90 Å². The Bertz CT molecular complexity index is 2090. The van der Waals surface area contributed by atoms with E-state index in [-0.39, 0.29) is 0 Å². The van der Waals surface area contributed by atoms with Crippen LogP contribution in [0.1, 0.15) is 22.3 Å². The van der Waals surface area contributed by atoms with E-state index >= 15 is 0 Å². The summed E-state index contributed by atoms with van der Waals surface area (Å²) in [6.07, 6.45) is 3.66. The molecule has 196 valence electrons. The van der Waals surface area contributed by atoms with Gasteiger partial charge in [0, 0.05) is 28.9 Å². The number of nitrogens with zero attached hydrogens (tertiary/aromatic N) is 3. The average Bonchev–Trinajstić information content (AvgIpc) is 3.38. The van der Waals surface area contributed by atoms with E-state index in [9.17, 15) is 0 Å². The van der Waals surface area contributed by atoms with Gasteiger partial charge in [-0.2, -0.15) is 0 Å². The molecule has 1 aromatic heterocycles. The van der Waals surface area contributed by atoms with Gasteiger partial charge < -0.3 is 0 Å². The summed E-state index contributed by atoms with van der Waals surface area (Å²) >= 11 is 0. The van der Waals surface area contributed by atoms with Crippen molar-refractivity contribution in [3.8, 4) is 22.3 Å². The number of anilines is 3. The normalized spacial score (nSPS) is 13.9. The molecule has 7 aromatic rings. The van der Waals surface area contributed by atoms with E-state index in [0.717, 1.165) is 11.4 Å². The SMILES string of the molecule is c1ccc(C2(c3ccccc3)c3ccccc3-c3c2ccc2c3N(c3ncccn3)c3cccc4cccc-2c34)cc1. The standard InChI is InChI=1S/C39H25N3/c1-3-14-27(15-4-1)39(28-16-5-2-6-17-28)32-20-8-7-18-31(32)36-33(39)23-22-30-29-19-9-12-26-13-10-21-34(35(26)29)42(37(30)36)38-40-24-11-25-41-38/h1-25H. The van der Waals surface area contributed by atoms with Crippen LogP contribution in [0, 0.1) is 0 Å². The van der Waals surface area contributed by atoms with Crippen molar-refractivity contribution < 1.29 is 0 Å². The highest BCUT2D eigenvalue weighted by Gasteiger charge is 2.48. The van der Waals surface area contributed by atoms with E-state index in [0.29, 0.717) is 5.95 Å². The van der Waals surface area contributed by atoms with E-state index in [2.05, 4.69) is 138 Å². The minimum Gasteiger partial charge on any atom is -0.277 e. The number of rotatable bonds is 3. The minimum absolute atomic E-state index is 0.477. The molecule has 0 amide bonds. The molecule has 3 nitrogen and oxygen atoms in total. The first-order chi connectivity index (χ1) is 20.9. The van der Waals surface area contributed by atoms with Gasteiger partial charge in [0.1, 0.15) is 0 Å². The Morgan fingerprint density at radius 3 is 1.86 bits per heavy atom. The van der Waals surface area contributed by atoms with Gasteiger partial charge in [-0.3, -0.25) is 4.90 Å². The molecule has 0 bridgehead atoms. The Balaban J connectivity index is 1.48. The first-order valence-corrected chi connectivity index (χ1v) is 14.3. The van der Waals surface area contributed by atoms with Gasteiger partial charge in [0.25, 0.3) is 0 Å². The maximum Gasteiger partial charge on any atom is 0.234 e. The fraction of sp³-hybridized carbons (Fsp3) is 0.0256. The van der Waals surface area contributed by atoms with E-state index in [1.165, 1.54) is 55.3 Å². The maximum atomic E-state index is 4.81. The van der Waals surface area contributed by atoms with Crippen molar-refractivity contribution in [3.05, 3.63) is 174 Å². The van der Waals surface area contributed by atoms with Crippen LogP contribution in [0.15, 0.2) is 152 Å². The lowest BCUT2D eigenvalue weighted by molar-refractivity contribution is 0.768. The first-order valence-electron chi connectivity index (χ1n) is 14.3. The van der Waals surface area contributed by atoms with Crippen LogP contribution >= 0.6 is 0 Å². The first kappa shape index (κ1) is 23.2. The molecule has 0 saturated heterocycles. The summed E-state index contributed by atoms with van der Waals surface area (Å²) in [5, 5.41) is 2.43. The van der Waals surface area contributed by atoms with Crippen LogP contribution in [0.3, 0.4) is 0 Å². The Morgan fingerprint density at radius 2 is 1.12 bits per heavy atom. The van der Waals surface area contributed by atoms with Gasteiger partial charge >= 0.3 is 0 Å². The van der Waals surface area contributed by atoms with Crippen LogP contribution in [0.4, 0.5) is 17.3 Å². The van der Waals surface area contributed by atoms with Gasteiger partial charge in [0.15, 0.2) is 0 Å². The third-order valence-electron chi connectivity index (χ3n) is 8.99. The van der Waals surface area contributed by atoms with Crippen molar-refractivity contribution in [2.24, 2.45) is 0 Å². The van der Waals surface area contributed by atoms with Gasteiger partial charge in [-0.15, -0.1) is 0 Å². The quantitative estimate of drug-likeness (QED) is 0.226. The summed E-state index contributed by atoms with van der Waals surface area (Å²) < 4.78 is 0. The molecule has 6 aromatic carbocycles. The zero-order valence-corrected chi connectivity index (χ0v) is 22.8. The number of hydrogen-bond donors (Lipinski definition) is 0. The third kappa shape index (κ3) is 2.94. The van der Waals surface area contributed by atoms with Crippen LogP contribution in [-0.2, 0) is 5.41 Å². The summed E-state index contributed by atoms with van der Waals surface area (Å²) in [4.78, 5) is 11.9. The van der Waals surface area contributed by atoms with Gasteiger partial charge in [0.05, 0.1) is 16.8 Å². The fourth-order valence-corrected chi connectivity index (χ4v) is 7.43. The largest absolute Gasteiger partial charge is 0.277 e. The molecule has 0 atom stereocenters. The molecule has 0 fully saturated rings. The second kappa shape index (κ2) is 8.73. The molecular weight excluding hydrogens is 510 g/mol.